The molecule has 17 heavy (non-hydrogen) atoms. The molecule has 0 spiro atoms. The smallest absolute Gasteiger partial charge is 0.204 e. The molecule has 6 heteroatoms. The number of nitrogens with zero attached hydrogens (tertiary/aromatic N) is 4. The van der Waals surface area contributed by atoms with Crippen LogP contribution in [0.4, 0.5) is 0 Å². The van der Waals surface area contributed by atoms with E-state index in [1.807, 2.05) is 0 Å². The lowest BCUT2D eigenvalue weighted by molar-refractivity contribution is 0.550. The highest BCUT2D eigenvalue weighted by Crippen LogP contribution is 2.24. The van der Waals surface area contributed by atoms with Crippen LogP contribution in [0.1, 0.15) is 5.56 Å². The van der Waals surface area contributed by atoms with Gasteiger partial charge in [-0.2, -0.15) is 5.26 Å². The Labute approximate surface area is 104 Å². The first-order valence-corrected chi connectivity index (χ1v) is 5.58. The molecule has 0 radical (unpaired) electrons. The second kappa shape index (κ2) is 3.71. The zero-order valence-electron chi connectivity index (χ0n) is 8.46. The lowest BCUT2D eigenvalue weighted by Crippen LogP contribution is -1.89. The lowest BCUT2D eigenvalue weighted by atomic mass is 10.3. The largest absolute Gasteiger partial charge is 0.446 e. The van der Waals surface area contributed by atoms with Crippen LogP contribution in [0.2, 0.25) is 0 Å². The second-order valence-corrected chi connectivity index (χ2v) is 4.17. The number of furan rings is 1. The van der Waals surface area contributed by atoms with Gasteiger partial charge in [0.15, 0.2) is 16.1 Å². The first kappa shape index (κ1) is 10.1. The normalized spacial score (nSPS) is 10.6. The molecule has 0 bridgehead atoms. The van der Waals surface area contributed by atoms with E-state index >= 15 is 0 Å². The van der Waals surface area contributed by atoms with Crippen LogP contribution < -0.4 is 0 Å². The average Bonchev–Trinajstić information content (AvgIpc) is 2.93. The Hall–Kier alpha value is -2.13. The predicted octanol–water partition coefficient (Wildman–Crippen LogP) is 2.62. The van der Waals surface area contributed by atoms with Crippen molar-refractivity contribution >= 4 is 21.6 Å². The first-order valence-electron chi connectivity index (χ1n) is 4.78. The molecule has 0 aromatic carbocycles. The van der Waals surface area contributed by atoms with Crippen molar-refractivity contribution in [2.45, 2.75) is 0 Å². The van der Waals surface area contributed by atoms with E-state index in [0.29, 0.717) is 27.5 Å². The first-order chi connectivity index (χ1) is 8.28. The molecule has 0 aliphatic heterocycles. The molecular formula is C11H5BrN4O. The zero-order valence-corrected chi connectivity index (χ0v) is 10.0. The predicted molar refractivity (Wildman–Crippen MR) is 63.1 cm³/mol. The fraction of sp³-hybridized carbons (Fsp3) is 0. The lowest BCUT2D eigenvalue weighted by Gasteiger charge is -1.96. The minimum absolute atomic E-state index is 0.546. The van der Waals surface area contributed by atoms with Gasteiger partial charge in [0.25, 0.3) is 0 Å². The van der Waals surface area contributed by atoms with Crippen molar-refractivity contribution < 1.29 is 4.42 Å². The minimum Gasteiger partial charge on any atom is -0.446 e. The van der Waals surface area contributed by atoms with Gasteiger partial charge >= 0.3 is 0 Å². The summed E-state index contributed by atoms with van der Waals surface area (Å²) >= 11 is 3.23. The van der Waals surface area contributed by atoms with Gasteiger partial charge in [-0.05, 0) is 40.2 Å². The fourth-order valence-electron chi connectivity index (χ4n) is 1.56. The third-order valence-electron chi connectivity index (χ3n) is 2.33. The second-order valence-electron chi connectivity index (χ2n) is 3.39. The van der Waals surface area contributed by atoms with Gasteiger partial charge in [-0.1, -0.05) is 0 Å². The molecule has 0 saturated heterocycles. The van der Waals surface area contributed by atoms with Gasteiger partial charge < -0.3 is 4.42 Å². The Morgan fingerprint density at radius 2 is 2.12 bits per heavy atom. The van der Waals surface area contributed by atoms with E-state index in [2.05, 4.69) is 32.2 Å². The maximum Gasteiger partial charge on any atom is 0.204 e. The van der Waals surface area contributed by atoms with Crippen molar-refractivity contribution in [1.29, 1.82) is 5.26 Å². The molecule has 3 aromatic heterocycles. The summed E-state index contributed by atoms with van der Waals surface area (Å²) in [6.45, 7) is 0. The molecule has 0 atom stereocenters. The highest BCUT2D eigenvalue weighted by molar-refractivity contribution is 9.10. The number of aromatic nitrogens is 3. The van der Waals surface area contributed by atoms with E-state index in [1.165, 1.54) is 0 Å². The summed E-state index contributed by atoms with van der Waals surface area (Å²) in [5.41, 5.74) is 1.22. The van der Waals surface area contributed by atoms with Gasteiger partial charge in [0.1, 0.15) is 6.07 Å². The van der Waals surface area contributed by atoms with Crippen LogP contribution in [-0.4, -0.2) is 14.6 Å². The summed E-state index contributed by atoms with van der Waals surface area (Å²) in [6.07, 6.45) is 1.68. The van der Waals surface area contributed by atoms with Gasteiger partial charge in [0, 0.05) is 6.20 Å². The van der Waals surface area contributed by atoms with E-state index in [4.69, 9.17) is 9.68 Å². The Kier molecular flexibility index (Phi) is 2.20. The summed E-state index contributed by atoms with van der Waals surface area (Å²) in [7, 11) is 0. The van der Waals surface area contributed by atoms with E-state index in [1.54, 1.807) is 34.9 Å². The van der Waals surface area contributed by atoms with Crippen LogP contribution in [0, 0.1) is 11.3 Å². The van der Waals surface area contributed by atoms with Crippen LogP contribution in [0.5, 0.6) is 0 Å². The molecule has 0 amide bonds. The van der Waals surface area contributed by atoms with E-state index in [9.17, 15) is 0 Å². The Morgan fingerprint density at radius 1 is 1.24 bits per heavy atom. The molecule has 5 nitrogen and oxygen atoms in total. The van der Waals surface area contributed by atoms with E-state index in [0.717, 1.165) is 0 Å². The fourth-order valence-corrected chi connectivity index (χ4v) is 1.87. The summed E-state index contributed by atoms with van der Waals surface area (Å²) in [6, 6.07) is 9.09. The number of fused-ring (bicyclic) bond motifs is 1. The van der Waals surface area contributed by atoms with Crippen molar-refractivity contribution in [3.8, 4) is 17.7 Å². The quantitative estimate of drug-likeness (QED) is 0.690. The average molecular weight is 289 g/mol. The molecule has 3 rings (SSSR count). The number of pyridine rings is 1. The summed E-state index contributed by atoms with van der Waals surface area (Å²) in [5.74, 6) is 1.17. The number of rotatable bonds is 1. The van der Waals surface area contributed by atoms with Crippen LogP contribution in [0.25, 0.3) is 17.2 Å². The van der Waals surface area contributed by atoms with E-state index < -0.39 is 0 Å². The van der Waals surface area contributed by atoms with Crippen molar-refractivity contribution in [2.24, 2.45) is 0 Å². The van der Waals surface area contributed by atoms with Gasteiger partial charge in [0.05, 0.1) is 5.56 Å². The standard InChI is InChI=1S/C11H5BrN4O/c12-9-3-2-8(17-9)11-15-14-10-4-1-7(5-13)6-16(10)11/h1-4,6H. The topological polar surface area (TPSA) is 67.1 Å². The number of hydrogen-bond donors (Lipinski definition) is 0. The van der Waals surface area contributed by atoms with Gasteiger partial charge in [0.2, 0.25) is 5.82 Å². The molecular weight excluding hydrogens is 284 g/mol. The van der Waals surface area contributed by atoms with Crippen LogP contribution >= 0.6 is 15.9 Å². The van der Waals surface area contributed by atoms with Crippen molar-refractivity contribution in [1.82, 2.24) is 14.6 Å². The maximum absolute atomic E-state index is 8.87. The molecule has 0 saturated carbocycles. The minimum atomic E-state index is 0.546. The highest BCUT2D eigenvalue weighted by Gasteiger charge is 2.11. The van der Waals surface area contributed by atoms with E-state index in [-0.39, 0.29) is 0 Å². The third-order valence-corrected chi connectivity index (χ3v) is 2.75. The van der Waals surface area contributed by atoms with Crippen molar-refractivity contribution in [3.63, 3.8) is 0 Å². The van der Waals surface area contributed by atoms with Gasteiger partial charge in [-0.25, -0.2) is 0 Å². The van der Waals surface area contributed by atoms with Crippen molar-refractivity contribution in [3.05, 3.63) is 40.7 Å². The SMILES string of the molecule is N#Cc1ccc2nnc(-c3ccc(Br)o3)n2c1. The summed E-state index contributed by atoms with van der Waals surface area (Å²) in [4.78, 5) is 0. The number of halogens is 1. The molecule has 0 unspecified atom stereocenters. The molecule has 82 valence electrons. The van der Waals surface area contributed by atoms with Crippen LogP contribution in [0.15, 0.2) is 39.5 Å². The molecule has 0 N–H and O–H groups in total. The monoisotopic (exact) mass is 288 g/mol. The third kappa shape index (κ3) is 1.61. The summed E-state index contributed by atoms with van der Waals surface area (Å²) < 4.78 is 7.77. The van der Waals surface area contributed by atoms with Gasteiger partial charge in [-0.3, -0.25) is 4.40 Å². The highest BCUT2D eigenvalue weighted by atomic mass is 79.9. The molecule has 0 aliphatic rings. The van der Waals surface area contributed by atoms with Crippen LogP contribution in [-0.2, 0) is 0 Å². The maximum atomic E-state index is 8.87. The number of hydrogen-bond acceptors (Lipinski definition) is 4. The van der Waals surface area contributed by atoms with Gasteiger partial charge in [-0.15, -0.1) is 10.2 Å². The summed E-state index contributed by atoms with van der Waals surface area (Å²) in [5, 5.41) is 16.9. The Bertz CT molecular complexity index is 737. The Morgan fingerprint density at radius 3 is 2.82 bits per heavy atom. The zero-order chi connectivity index (χ0) is 11.8. The van der Waals surface area contributed by atoms with Crippen molar-refractivity contribution in [2.75, 3.05) is 0 Å². The van der Waals surface area contributed by atoms with Crippen LogP contribution in [0.3, 0.4) is 0 Å². The number of nitriles is 1. The molecule has 0 aliphatic carbocycles. The molecule has 3 aromatic rings. The molecule has 3 heterocycles. The Balaban J connectivity index is 2.27. The molecule has 0 fully saturated rings.